The van der Waals surface area contributed by atoms with Crippen LogP contribution in [0.1, 0.15) is 69.5 Å². The van der Waals surface area contributed by atoms with E-state index in [0.717, 1.165) is 25.2 Å². The van der Waals surface area contributed by atoms with Crippen molar-refractivity contribution < 1.29 is 4.52 Å². The molecular weight excluding hydrogens is 224 g/mol. The van der Waals surface area contributed by atoms with Gasteiger partial charge in [-0.25, -0.2) is 0 Å². The number of halogens is 1. The summed E-state index contributed by atoms with van der Waals surface area (Å²) in [6.45, 7) is 4.24. The van der Waals surface area contributed by atoms with Crippen LogP contribution in [0.2, 0.25) is 0 Å². The maximum atomic E-state index is 6.10. The van der Waals surface area contributed by atoms with Gasteiger partial charge in [-0.1, -0.05) is 38.3 Å². The van der Waals surface area contributed by atoms with Gasteiger partial charge in [0.05, 0.1) is 5.38 Å². The molecule has 1 atom stereocenters. The zero-order chi connectivity index (χ0) is 11.6. The van der Waals surface area contributed by atoms with Gasteiger partial charge in [0.2, 0.25) is 5.89 Å². The van der Waals surface area contributed by atoms with Gasteiger partial charge in [-0.15, -0.1) is 11.6 Å². The Hall–Kier alpha value is -0.570. The zero-order valence-electron chi connectivity index (χ0n) is 10.0. The minimum atomic E-state index is -0.121. The molecule has 0 spiro atoms. The minimum absolute atomic E-state index is 0.0772. The molecule has 4 heteroatoms. The average Bonchev–Trinajstić information content (AvgIpc) is 2.79. The molecule has 1 aromatic heterocycles. The van der Waals surface area contributed by atoms with E-state index in [0.29, 0.717) is 5.82 Å². The fourth-order valence-electron chi connectivity index (χ4n) is 2.34. The van der Waals surface area contributed by atoms with Crippen LogP contribution in [0, 0.1) is 0 Å². The van der Waals surface area contributed by atoms with E-state index in [1.807, 2.05) is 6.92 Å². The molecule has 1 saturated carbocycles. The van der Waals surface area contributed by atoms with Gasteiger partial charge in [0.25, 0.3) is 0 Å². The molecule has 2 rings (SSSR count). The van der Waals surface area contributed by atoms with Crippen molar-refractivity contribution in [2.24, 2.45) is 0 Å². The van der Waals surface area contributed by atoms with Gasteiger partial charge in [0.15, 0.2) is 5.82 Å². The average molecular weight is 243 g/mol. The Bertz CT molecular complexity index is 345. The van der Waals surface area contributed by atoms with Crippen LogP contribution in [-0.4, -0.2) is 10.1 Å². The molecule has 0 aliphatic heterocycles. The summed E-state index contributed by atoms with van der Waals surface area (Å²) in [5, 5.41) is 3.87. The fourth-order valence-corrected chi connectivity index (χ4v) is 2.42. The summed E-state index contributed by atoms with van der Waals surface area (Å²) in [7, 11) is 0. The quantitative estimate of drug-likeness (QED) is 0.753. The lowest BCUT2D eigenvalue weighted by molar-refractivity contribution is 0.231. The smallest absolute Gasteiger partial charge is 0.232 e. The highest BCUT2D eigenvalue weighted by Crippen LogP contribution is 2.38. The third-order valence-electron chi connectivity index (χ3n) is 3.55. The van der Waals surface area contributed by atoms with E-state index < -0.39 is 0 Å². The Morgan fingerprint density at radius 1 is 1.38 bits per heavy atom. The van der Waals surface area contributed by atoms with Crippen LogP contribution in [0.25, 0.3) is 0 Å². The first-order chi connectivity index (χ1) is 7.65. The lowest BCUT2D eigenvalue weighted by Gasteiger charge is -2.29. The lowest BCUT2D eigenvalue weighted by atomic mass is 9.75. The number of alkyl halides is 1. The standard InChI is InChI=1S/C12H19ClN2O/c1-3-9(13)10-14-11(16-15-10)12(2)7-5-4-6-8-12/h9H,3-8H2,1-2H3. The van der Waals surface area contributed by atoms with E-state index in [-0.39, 0.29) is 10.8 Å². The maximum absolute atomic E-state index is 6.10. The molecule has 90 valence electrons. The van der Waals surface area contributed by atoms with E-state index >= 15 is 0 Å². The highest BCUT2D eigenvalue weighted by atomic mass is 35.5. The molecule has 0 radical (unpaired) electrons. The highest BCUT2D eigenvalue weighted by Gasteiger charge is 2.34. The lowest BCUT2D eigenvalue weighted by Crippen LogP contribution is -2.25. The Labute approximate surface area is 102 Å². The predicted octanol–water partition coefficient (Wildman–Crippen LogP) is 3.98. The summed E-state index contributed by atoms with van der Waals surface area (Å²) in [4.78, 5) is 4.47. The van der Waals surface area contributed by atoms with E-state index in [4.69, 9.17) is 16.1 Å². The molecule has 3 nitrogen and oxygen atoms in total. The third-order valence-corrected chi connectivity index (χ3v) is 4.06. The van der Waals surface area contributed by atoms with Gasteiger partial charge < -0.3 is 4.52 Å². The van der Waals surface area contributed by atoms with Gasteiger partial charge >= 0.3 is 0 Å². The van der Waals surface area contributed by atoms with Crippen LogP contribution in [0.4, 0.5) is 0 Å². The second-order valence-electron chi connectivity index (χ2n) is 4.95. The van der Waals surface area contributed by atoms with Crippen molar-refractivity contribution in [3.8, 4) is 0 Å². The molecule has 0 bridgehead atoms. The molecule has 0 saturated heterocycles. The molecule has 1 heterocycles. The van der Waals surface area contributed by atoms with Crippen LogP contribution in [0.5, 0.6) is 0 Å². The van der Waals surface area contributed by atoms with Crippen molar-refractivity contribution >= 4 is 11.6 Å². The Kier molecular flexibility index (Phi) is 3.53. The summed E-state index contributed by atoms with van der Waals surface area (Å²) < 4.78 is 5.38. The largest absolute Gasteiger partial charge is 0.339 e. The first-order valence-electron chi connectivity index (χ1n) is 6.14. The van der Waals surface area contributed by atoms with Crippen molar-refractivity contribution in [1.29, 1.82) is 0 Å². The van der Waals surface area contributed by atoms with Gasteiger partial charge in [0, 0.05) is 5.41 Å². The number of aromatic nitrogens is 2. The number of rotatable bonds is 3. The van der Waals surface area contributed by atoms with Gasteiger partial charge in [0.1, 0.15) is 0 Å². The first kappa shape index (κ1) is 11.9. The summed E-state index contributed by atoms with van der Waals surface area (Å²) in [5.41, 5.74) is 0.0772. The third kappa shape index (κ3) is 2.24. The number of hydrogen-bond acceptors (Lipinski definition) is 3. The minimum Gasteiger partial charge on any atom is -0.339 e. The molecule has 1 aromatic rings. The van der Waals surface area contributed by atoms with E-state index in [1.54, 1.807) is 0 Å². The predicted molar refractivity (Wildman–Crippen MR) is 63.6 cm³/mol. The molecule has 16 heavy (non-hydrogen) atoms. The SMILES string of the molecule is CCC(Cl)c1noc(C2(C)CCCCC2)n1. The molecule has 1 fully saturated rings. The van der Waals surface area contributed by atoms with Gasteiger partial charge in [-0.05, 0) is 19.3 Å². The second-order valence-corrected chi connectivity index (χ2v) is 5.48. The molecule has 0 N–H and O–H groups in total. The normalized spacial score (nSPS) is 21.9. The Morgan fingerprint density at radius 2 is 2.06 bits per heavy atom. The molecule has 1 aliphatic rings. The van der Waals surface area contributed by atoms with Gasteiger partial charge in [-0.3, -0.25) is 0 Å². The van der Waals surface area contributed by atoms with Crippen molar-refractivity contribution in [2.75, 3.05) is 0 Å². The van der Waals surface area contributed by atoms with Gasteiger partial charge in [-0.2, -0.15) is 4.98 Å². The van der Waals surface area contributed by atoms with Crippen LogP contribution in [0.3, 0.4) is 0 Å². The van der Waals surface area contributed by atoms with Crippen molar-refractivity contribution in [3.63, 3.8) is 0 Å². The molecule has 1 unspecified atom stereocenters. The summed E-state index contributed by atoms with van der Waals surface area (Å²) >= 11 is 6.10. The Balaban J connectivity index is 2.17. The fraction of sp³-hybridized carbons (Fsp3) is 0.833. The van der Waals surface area contributed by atoms with Crippen molar-refractivity contribution in [3.05, 3.63) is 11.7 Å². The molecule has 1 aliphatic carbocycles. The van der Waals surface area contributed by atoms with Crippen LogP contribution >= 0.6 is 11.6 Å². The summed E-state index contributed by atoms with van der Waals surface area (Å²) in [6, 6.07) is 0. The second kappa shape index (κ2) is 4.74. The molecule has 0 aromatic carbocycles. The van der Waals surface area contributed by atoms with E-state index in [9.17, 15) is 0 Å². The zero-order valence-corrected chi connectivity index (χ0v) is 10.8. The van der Waals surface area contributed by atoms with E-state index in [1.165, 1.54) is 19.3 Å². The van der Waals surface area contributed by atoms with Crippen molar-refractivity contribution in [2.45, 2.75) is 63.2 Å². The summed E-state index contributed by atoms with van der Waals surface area (Å²) in [6.07, 6.45) is 6.96. The maximum Gasteiger partial charge on any atom is 0.232 e. The molecular formula is C12H19ClN2O. The van der Waals surface area contributed by atoms with Crippen LogP contribution in [0.15, 0.2) is 4.52 Å². The number of nitrogens with zero attached hydrogens (tertiary/aromatic N) is 2. The highest BCUT2D eigenvalue weighted by molar-refractivity contribution is 6.20. The van der Waals surface area contributed by atoms with E-state index in [2.05, 4.69) is 17.1 Å². The summed E-state index contributed by atoms with van der Waals surface area (Å²) in [5.74, 6) is 1.42. The molecule has 0 amide bonds. The van der Waals surface area contributed by atoms with Crippen LogP contribution in [-0.2, 0) is 5.41 Å². The topological polar surface area (TPSA) is 38.9 Å². The number of hydrogen-bond donors (Lipinski definition) is 0. The van der Waals surface area contributed by atoms with Crippen LogP contribution < -0.4 is 0 Å². The van der Waals surface area contributed by atoms with Crippen molar-refractivity contribution in [1.82, 2.24) is 10.1 Å². The first-order valence-corrected chi connectivity index (χ1v) is 6.57. The monoisotopic (exact) mass is 242 g/mol. The Morgan fingerprint density at radius 3 is 2.69 bits per heavy atom.